The van der Waals surface area contributed by atoms with Crippen LogP contribution in [0, 0.1) is 0 Å². The van der Waals surface area contributed by atoms with E-state index in [1.54, 1.807) is 41.5 Å². The van der Waals surface area contributed by atoms with Crippen molar-refractivity contribution in [3.05, 3.63) is 0 Å². The van der Waals surface area contributed by atoms with Gasteiger partial charge < -0.3 is 19.3 Å². The molecule has 0 aromatic heterocycles. The Morgan fingerprint density at radius 3 is 2.33 bits per heavy atom. The Balaban J connectivity index is 4.39. The van der Waals surface area contributed by atoms with Gasteiger partial charge in [-0.1, -0.05) is 11.4 Å². The predicted molar refractivity (Wildman–Crippen MR) is 95.2 cm³/mol. The highest BCUT2D eigenvalue weighted by molar-refractivity contribution is 8.56. The lowest BCUT2D eigenvalue weighted by Gasteiger charge is -2.22. The monoisotopic (exact) mass is 384 g/mol. The molecule has 0 saturated heterocycles. The maximum atomic E-state index is 12.7. The van der Waals surface area contributed by atoms with E-state index in [-0.39, 0.29) is 19.8 Å². The molecule has 10 heteroatoms. The van der Waals surface area contributed by atoms with Crippen LogP contribution in [-0.4, -0.2) is 49.2 Å². The van der Waals surface area contributed by atoms with Gasteiger partial charge in [0.15, 0.2) is 0 Å². The summed E-state index contributed by atoms with van der Waals surface area (Å²) in [7, 11) is 0. The average molecular weight is 384 g/mol. The summed E-state index contributed by atoms with van der Waals surface area (Å²) in [6, 6.07) is -0.756. The number of hydrogen-bond acceptors (Lipinski definition) is 7. The number of rotatable bonds is 10. The third-order valence-electron chi connectivity index (χ3n) is 2.32. The molecule has 0 rings (SSSR count). The normalized spacial score (nSPS) is 15.2. The van der Waals surface area contributed by atoms with Crippen LogP contribution < -0.4 is 10.4 Å². The molecule has 1 unspecified atom stereocenters. The summed E-state index contributed by atoms with van der Waals surface area (Å²) in [4.78, 5) is 23.2. The van der Waals surface area contributed by atoms with Crippen molar-refractivity contribution < 1.29 is 28.2 Å². The minimum Gasteiger partial charge on any atom is -0.465 e. The molecule has 2 N–H and O–H groups in total. The zero-order valence-electron chi connectivity index (χ0n) is 15.2. The second-order valence-electron chi connectivity index (χ2n) is 5.78. The largest absolute Gasteiger partial charge is 0.465 e. The van der Waals surface area contributed by atoms with E-state index in [9.17, 15) is 14.2 Å². The van der Waals surface area contributed by atoms with Crippen molar-refractivity contribution in [3.8, 4) is 0 Å². The van der Waals surface area contributed by atoms with E-state index < -0.39 is 30.4 Å². The molecule has 0 aliphatic heterocycles. The summed E-state index contributed by atoms with van der Waals surface area (Å²) in [6.07, 6.45) is -0.540. The van der Waals surface area contributed by atoms with Gasteiger partial charge in [-0.15, -0.1) is 0 Å². The standard InChI is InChI=1S/C14H29N2O6PS/c1-7-20-12(17)11(3)16-23(19,21-8-2)24-10-9-15-13(18)22-14(4,5)6/h11H,7-10H2,1-6H3,(H,15,18)(H,16,19)/t11-,23?/m0/s1. The fourth-order valence-corrected chi connectivity index (χ4v) is 5.28. The third-order valence-corrected chi connectivity index (χ3v) is 6.55. The van der Waals surface area contributed by atoms with Gasteiger partial charge in [-0.3, -0.25) is 9.36 Å². The highest BCUT2D eigenvalue weighted by Crippen LogP contribution is 2.55. The highest BCUT2D eigenvalue weighted by atomic mass is 32.7. The van der Waals surface area contributed by atoms with Crippen LogP contribution in [0.4, 0.5) is 4.79 Å². The maximum Gasteiger partial charge on any atom is 0.407 e. The predicted octanol–water partition coefficient (Wildman–Crippen LogP) is 2.93. The summed E-state index contributed by atoms with van der Waals surface area (Å²) >= 11 is 1.02. The van der Waals surface area contributed by atoms with Crippen molar-refractivity contribution >= 4 is 30.2 Å². The average Bonchev–Trinajstić information content (AvgIpc) is 2.42. The molecule has 0 aliphatic carbocycles. The first kappa shape index (κ1) is 23.2. The Morgan fingerprint density at radius 2 is 1.83 bits per heavy atom. The Hall–Kier alpha value is -0.760. The Labute approximate surface area is 148 Å². The zero-order valence-corrected chi connectivity index (χ0v) is 16.9. The topological polar surface area (TPSA) is 103 Å². The summed E-state index contributed by atoms with van der Waals surface area (Å²) in [6.45, 7) is 7.73. The molecule has 1 amide bonds. The molecular weight excluding hydrogens is 355 g/mol. The van der Waals surface area contributed by atoms with Crippen LogP contribution in [0.15, 0.2) is 0 Å². The van der Waals surface area contributed by atoms with Gasteiger partial charge in [0.05, 0.1) is 13.2 Å². The van der Waals surface area contributed by atoms with Gasteiger partial charge in [0.2, 0.25) is 0 Å². The molecule has 0 bridgehead atoms. The summed E-state index contributed by atoms with van der Waals surface area (Å²) in [5, 5.41) is 5.26. The van der Waals surface area contributed by atoms with Crippen LogP contribution in [0.1, 0.15) is 41.5 Å². The minimum absolute atomic E-state index is 0.228. The first-order valence-corrected chi connectivity index (χ1v) is 11.0. The second-order valence-corrected chi connectivity index (χ2v) is 10.2. The second kappa shape index (κ2) is 11.0. The number of carbonyl (C=O) groups excluding carboxylic acids is 2. The quantitative estimate of drug-likeness (QED) is 0.337. The lowest BCUT2D eigenvalue weighted by molar-refractivity contribution is -0.144. The molecule has 2 atom stereocenters. The van der Waals surface area contributed by atoms with Gasteiger partial charge in [0.1, 0.15) is 11.6 Å². The van der Waals surface area contributed by atoms with Crippen LogP contribution in [0.3, 0.4) is 0 Å². The number of ether oxygens (including phenoxy) is 2. The maximum absolute atomic E-state index is 12.7. The van der Waals surface area contributed by atoms with Crippen molar-refractivity contribution in [2.45, 2.75) is 53.2 Å². The molecule has 0 fully saturated rings. The molecule has 0 radical (unpaired) electrons. The molecule has 0 heterocycles. The van der Waals surface area contributed by atoms with E-state index in [0.717, 1.165) is 11.4 Å². The molecule has 8 nitrogen and oxygen atoms in total. The van der Waals surface area contributed by atoms with Crippen LogP contribution in [0.5, 0.6) is 0 Å². The SMILES string of the molecule is CCOC(=O)[C@H](C)NP(=O)(OCC)SCCNC(=O)OC(C)(C)C. The first-order valence-electron chi connectivity index (χ1n) is 7.83. The van der Waals surface area contributed by atoms with E-state index in [1.165, 1.54) is 0 Å². The Morgan fingerprint density at radius 1 is 1.21 bits per heavy atom. The van der Waals surface area contributed by atoms with Crippen molar-refractivity contribution in [2.24, 2.45) is 0 Å². The lowest BCUT2D eigenvalue weighted by Crippen LogP contribution is -2.34. The van der Waals surface area contributed by atoms with Crippen LogP contribution >= 0.6 is 18.1 Å². The van der Waals surface area contributed by atoms with Crippen LogP contribution in [-0.2, 0) is 23.4 Å². The molecular formula is C14H29N2O6PS. The number of carbonyl (C=O) groups is 2. The van der Waals surface area contributed by atoms with Gasteiger partial charge >= 0.3 is 18.8 Å². The van der Waals surface area contributed by atoms with Gasteiger partial charge in [-0.2, -0.15) is 0 Å². The summed E-state index contributed by atoms with van der Waals surface area (Å²) < 4.78 is 27.9. The van der Waals surface area contributed by atoms with E-state index in [2.05, 4.69) is 10.4 Å². The van der Waals surface area contributed by atoms with Gasteiger partial charge in [0, 0.05) is 12.3 Å². The molecule has 24 heavy (non-hydrogen) atoms. The van der Waals surface area contributed by atoms with Gasteiger partial charge in [0.25, 0.3) is 0 Å². The number of hydrogen-bond donors (Lipinski definition) is 2. The van der Waals surface area contributed by atoms with Crippen molar-refractivity contribution in [1.82, 2.24) is 10.4 Å². The van der Waals surface area contributed by atoms with E-state index >= 15 is 0 Å². The number of nitrogens with one attached hydrogen (secondary N) is 2. The lowest BCUT2D eigenvalue weighted by atomic mass is 10.2. The number of alkyl carbamates (subject to hydrolysis) is 1. The fourth-order valence-electron chi connectivity index (χ4n) is 1.47. The Bertz CT molecular complexity index is 455. The first-order chi connectivity index (χ1) is 11.0. The van der Waals surface area contributed by atoms with Crippen molar-refractivity contribution in [3.63, 3.8) is 0 Å². The minimum atomic E-state index is -3.28. The van der Waals surface area contributed by atoms with E-state index in [1.807, 2.05) is 0 Å². The Kier molecular flexibility index (Phi) is 10.6. The molecule has 142 valence electrons. The molecule has 0 aromatic carbocycles. The molecule has 0 aliphatic rings. The van der Waals surface area contributed by atoms with E-state index in [0.29, 0.717) is 5.75 Å². The van der Waals surface area contributed by atoms with Crippen LogP contribution in [0.2, 0.25) is 0 Å². The van der Waals surface area contributed by atoms with Crippen molar-refractivity contribution in [1.29, 1.82) is 0 Å². The number of amides is 1. The van der Waals surface area contributed by atoms with Gasteiger partial charge in [-0.05, 0) is 41.5 Å². The van der Waals surface area contributed by atoms with E-state index in [4.69, 9.17) is 14.0 Å². The summed E-state index contributed by atoms with van der Waals surface area (Å²) in [5.41, 5.74) is -0.575. The smallest absolute Gasteiger partial charge is 0.407 e. The zero-order chi connectivity index (χ0) is 18.8. The van der Waals surface area contributed by atoms with Crippen LogP contribution in [0.25, 0.3) is 0 Å². The molecule has 0 spiro atoms. The fraction of sp³-hybridized carbons (Fsp3) is 0.857. The van der Waals surface area contributed by atoms with Gasteiger partial charge in [-0.25, -0.2) is 9.88 Å². The summed E-state index contributed by atoms with van der Waals surface area (Å²) in [5.74, 6) is -0.163. The van der Waals surface area contributed by atoms with Crippen molar-refractivity contribution in [2.75, 3.05) is 25.5 Å². The highest BCUT2D eigenvalue weighted by Gasteiger charge is 2.29. The number of esters is 1. The molecule has 0 saturated carbocycles. The third kappa shape index (κ3) is 10.9. The molecule has 0 aromatic rings.